The van der Waals surface area contributed by atoms with Crippen LogP contribution in [0.4, 0.5) is 0 Å². The molecule has 1 unspecified atom stereocenters. The van der Waals surface area contributed by atoms with E-state index < -0.39 is 16.1 Å². The van der Waals surface area contributed by atoms with Crippen LogP contribution in [-0.4, -0.2) is 39.0 Å². The normalized spacial score (nSPS) is 16.6. The zero-order valence-electron chi connectivity index (χ0n) is 13.0. The lowest BCUT2D eigenvalue weighted by atomic mass is 10.2. The molecule has 1 aliphatic rings. The predicted octanol–water partition coefficient (Wildman–Crippen LogP) is 2.02. The van der Waals surface area contributed by atoms with Gasteiger partial charge in [-0.15, -0.1) is 0 Å². The molecule has 3 rings (SSSR count). The Bertz CT molecular complexity index is 872. The van der Waals surface area contributed by atoms with Crippen LogP contribution in [-0.2, 0) is 10.0 Å². The summed E-state index contributed by atoms with van der Waals surface area (Å²) in [5.74, 6) is 1.27. The number of hydrogen-bond acceptors (Lipinski definition) is 5. The number of sulfonamides is 1. The SMILES string of the molecule is CN(CC1COc2ccccc2O1)S(=O)(=O)c1ccc(C#N)cc1. The number of benzene rings is 2. The van der Waals surface area contributed by atoms with Crippen molar-refractivity contribution in [3.8, 4) is 17.6 Å². The minimum atomic E-state index is -3.65. The van der Waals surface area contributed by atoms with E-state index in [0.29, 0.717) is 17.1 Å². The van der Waals surface area contributed by atoms with E-state index in [0.717, 1.165) is 0 Å². The molecule has 1 heterocycles. The molecule has 0 aromatic heterocycles. The standard InChI is InChI=1S/C17H16N2O4S/c1-19(24(20,21)15-8-6-13(10-18)7-9-15)11-14-12-22-16-4-2-3-5-17(16)23-14/h2-9,14H,11-12H2,1H3. The molecule has 0 bridgehead atoms. The maximum atomic E-state index is 12.6. The Hall–Kier alpha value is -2.56. The summed E-state index contributed by atoms with van der Waals surface area (Å²) >= 11 is 0. The molecule has 0 amide bonds. The first-order valence-corrected chi connectivity index (χ1v) is 8.79. The highest BCUT2D eigenvalue weighted by Gasteiger charge is 2.27. The first-order chi connectivity index (χ1) is 11.5. The van der Waals surface area contributed by atoms with Gasteiger partial charge in [-0.25, -0.2) is 8.42 Å². The van der Waals surface area contributed by atoms with Crippen LogP contribution in [0.5, 0.6) is 11.5 Å². The van der Waals surface area contributed by atoms with Gasteiger partial charge in [-0.3, -0.25) is 0 Å². The van der Waals surface area contributed by atoms with E-state index in [4.69, 9.17) is 14.7 Å². The molecule has 6 nitrogen and oxygen atoms in total. The van der Waals surface area contributed by atoms with Crippen molar-refractivity contribution in [3.05, 3.63) is 54.1 Å². The lowest BCUT2D eigenvalue weighted by molar-refractivity contribution is 0.0798. The average molecular weight is 344 g/mol. The van der Waals surface area contributed by atoms with E-state index in [1.54, 1.807) is 6.07 Å². The maximum absolute atomic E-state index is 12.6. The van der Waals surface area contributed by atoms with Crippen molar-refractivity contribution >= 4 is 10.0 Å². The molecule has 2 aromatic rings. The number of fused-ring (bicyclic) bond motifs is 1. The third-order valence-corrected chi connectivity index (χ3v) is 5.56. The minimum absolute atomic E-state index is 0.140. The summed E-state index contributed by atoms with van der Waals surface area (Å²) in [5.41, 5.74) is 0.414. The molecule has 0 spiro atoms. The Balaban J connectivity index is 1.72. The van der Waals surface area contributed by atoms with Gasteiger partial charge in [-0.2, -0.15) is 9.57 Å². The van der Waals surface area contributed by atoms with Crippen molar-refractivity contribution in [3.63, 3.8) is 0 Å². The van der Waals surface area contributed by atoms with E-state index in [2.05, 4.69) is 0 Å². The molecule has 124 valence electrons. The second-order valence-corrected chi connectivity index (χ2v) is 7.46. The number of likely N-dealkylation sites (N-methyl/N-ethyl adjacent to an activating group) is 1. The summed E-state index contributed by atoms with van der Waals surface area (Å²) in [5, 5.41) is 8.80. The van der Waals surface area contributed by atoms with Crippen LogP contribution < -0.4 is 9.47 Å². The molecule has 0 fully saturated rings. The zero-order chi connectivity index (χ0) is 17.2. The minimum Gasteiger partial charge on any atom is -0.486 e. The Morgan fingerprint density at radius 2 is 1.83 bits per heavy atom. The van der Waals surface area contributed by atoms with E-state index in [1.807, 2.05) is 24.3 Å². The summed E-state index contributed by atoms with van der Waals surface area (Å²) in [4.78, 5) is 0.140. The number of rotatable bonds is 4. The van der Waals surface area contributed by atoms with Crippen LogP contribution in [0.25, 0.3) is 0 Å². The van der Waals surface area contributed by atoms with E-state index in [9.17, 15) is 8.42 Å². The number of hydrogen-bond donors (Lipinski definition) is 0. The summed E-state index contributed by atoms with van der Waals surface area (Å²) in [6.07, 6.45) is -0.391. The van der Waals surface area contributed by atoms with Crippen molar-refractivity contribution in [1.29, 1.82) is 5.26 Å². The molecule has 7 heteroatoms. The summed E-state index contributed by atoms with van der Waals surface area (Å²) in [6, 6.07) is 15.1. The molecule has 0 radical (unpaired) electrons. The fraction of sp³-hybridized carbons (Fsp3) is 0.235. The highest BCUT2D eigenvalue weighted by molar-refractivity contribution is 7.89. The predicted molar refractivity (Wildman–Crippen MR) is 87.3 cm³/mol. The highest BCUT2D eigenvalue weighted by Crippen LogP contribution is 2.31. The Labute approximate surface area is 140 Å². The molecule has 0 saturated heterocycles. The van der Waals surface area contributed by atoms with Gasteiger partial charge >= 0.3 is 0 Å². The van der Waals surface area contributed by atoms with Crippen LogP contribution in [0.3, 0.4) is 0 Å². The second-order valence-electron chi connectivity index (χ2n) is 5.42. The number of nitrogens with zero attached hydrogens (tertiary/aromatic N) is 2. The van der Waals surface area contributed by atoms with Gasteiger partial charge in [0.2, 0.25) is 10.0 Å². The maximum Gasteiger partial charge on any atom is 0.242 e. The molecule has 2 aromatic carbocycles. The van der Waals surface area contributed by atoms with E-state index >= 15 is 0 Å². The average Bonchev–Trinajstić information content (AvgIpc) is 2.61. The van der Waals surface area contributed by atoms with Gasteiger partial charge in [0, 0.05) is 7.05 Å². The second kappa shape index (κ2) is 6.51. The molecular formula is C17H16N2O4S. The van der Waals surface area contributed by atoms with Crippen molar-refractivity contribution in [1.82, 2.24) is 4.31 Å². The Kier molecular flexibility index (Phi) is 4.42. The largest absolute Gasteiger partial charge is 0.486 e. The fourth-order valence-corrected chi connectivity index (χ4v) is 3.62. The van der Waals surface area contributed by atoms with Gasteiger partial charge < -0.3 is 9.47 Å². The van der Waals surface area contributed by atoms with Crippen molar-refractivity contribution in [2.45, 2.75) is 11.0 Å². The van der Waals surface area contributed by atoms with Gasteiger partial charge in [0.25, 0.3) is 0 Å². The Morgan fingerprint density at radius 1 is 1.17 bits per heavy atom. The quantitative estimate of drug-likeness (QED) is 0.848. The molecule has 0 aliphatic carbocycles. The third kappa shape index (κ3) is 3.20. The summed E-state index contributed by atoms with van der Waals surface area (Å²) in [6.45, 7) is 0.445. The first-order valence-electron chi connectivity index (χ1n) is 7.35. The van der Waals surface area contributed by atoms with Gasteiger partial charge in [0.05, 0.1) is 23.1 Å². The fourth-order valence-electron chi connectivity index (χ4n) is 2.42. The molecule has 1 aliphatic heterocycles. The topological polar surface area (TPSA) is 79.6 Å². The lowest BCUT2D eigenvalue weighted by Crippen LogP contribution is -2.41. The third-order valence-electron chi connectivity index (χ3n) is 3.72. The molecule has 0 N–H and O–H groups in total. The monoisotopic (exact) mass is 344 g/mol. The number of para-hydroxylation sites is 2. The first kappa shape index (κ1) is 16.3. The van der Waals surface area contributed by atoms with Crippen LogP contribution in [0.2, 0.25) is 0 Å². The lowest BCUT2D eigenvalue weighted by Gasteiger charge is -2.29. The van der Waals surface area contributed by atoms with Crippen molar-refractivity contribution in [2.75, 3.05) is 20.2 Å². The number of nitriles is 1. The van der Waals surface area contributed by atoms with Crippen molar-refractivity contribution < 1.29 is 17.9 Å². The van der Waals surface area contributed by atoms with Crippen LogP contribution in [0, 0.1) is 11.3 Å². The van der Waals surface area contributed by atoms with Crippen molar-refractivity contribution in [2.24, 2.45) is 0 Å². The van der Waals surface area contributed by atoms with Gasteiger partial charge in [-0.1, -0.05) is 12.1 Å². The molecule has 1 atom stereocenters. The van der Waals surface area contributed by atoms with E-state index in [1.165, 1.54) is 35.6 Å². The molecule has 24 heavy (non-hydrogen) atoms. The molecular weight excluding hydrogens is 328 g/mol. The van der Waals surface area contributed by atoms with Gasteiger partial charge in [0.1, 0.15) is 12.7 Å². The Morgan fingerprint density at radius 3 is 2.50 bits per heavy atom. The van der Waals surface area contributed by atoms with Gasteiger partial charge in [-0.05, 0) is 36.4 Å². The smallest absolute Gasteiger partial charge is 0.242 e. The van der Waals surface area contributed by atoms with E-state index in [-0.39, 0.29) is 18.0 Å². The summed E-state index contributed by atoms with van der Waals surface area (Å²) < 4.78 is 37.8. The zero-order valence-corrected chi connectivity index (χ0v) is 13.9. The molecule has 0 saturated carbocycles. The highest BCUT2D eigenvalue weighted by atomic mass is 32.2. The van der Waals surface area contributed by atoms with Crippen LogP contribution >= 0.6 is 0 Å². The number of ether oxygens (including phenoxy) is 2. The van der Waals surface area contributed by atoms with Crippen LogP contribution in [0.15, 0.2) is 53.4 Å². The summed E-state index contributed by atoms with van der Waals surface area (Å²) in [7, 11) is -2.15. The van der Waals surface area contributed by atoms with Crippen LogP contribution in [0.1, 0.15) is 5.56 Å². The van der Waals surface area contributed by atoms with Gasteiger partial charge in [0.15, 0.2) is 11.5 Å².